The van der Waals surface area contributed by atoms with Crippen molar-refractivity contribution in [3.8, 4) is 0 Å². The van der Waals surface area contributed by atoms with Crippen molar-refractivity contribution in [2.45, 2.75) is 64.5 Å². The topological polar surface area (TPSA) is 21.3 Å². The molecule has 2 fully saturated rings. The average Bonchev–Trinajstić information content (AvgIpc) is 2.31. The molecular formula is C14H27NO. The summed E-state index contributed by atoms with van der Waals surface area (Å²) in [4.78, 5) is 0. The van der Waals surface area contributed by atoms with E-state index in [1.54, 1.807) is 0 Å². The van der Waals surface area contributed by atoms with Gasteiger partial charge in [0.1, 0.15) is 0 Å². The minimum Gasteiger partial charge on any atom is -0.381 e. The fourth-order valence-corrected chi connectivity index (χ4v) is 3.15. The van der Waals surface area contributed by atoms with E-state index in [4.69, 9.17) is 4.74 Å². The van der Waals surface area contributed by atoms with Crippen LogP contribution in [0.25, 0.3) is 0 Å². The second kappa shape index (κ2) is 6.02. The zero-order valence-electron chi connectivity index (χ0n) is 10.9. The van der Waals surface area contributed by atoms with Crippen molar-refractivity contribution in [3.63, 3.8) is 0 Å². The van der Waals surface area contributed by atoms with E-state index in [1.165, 1.54) is 38.5 Å². The fraction of sp³-hybridized carbons (Fsp3) is 1.00. The molecule has 16 heavy (non-hydrogen) atoms. The normalized spacial score (nSPS) is 33.2. The van der Waals surface area contributed by atoms with Crippen molar-refractivity contribution in [1.82, 2.24) is 5.32 Å². The van der Waals surface area contributed by atoms with Crippen LogP contribution in [0.5, 0.6) is 0 Å². The number of hydrogen-bond donors (Lipinski definition) is 1. The maximum absolute atomic E-state index is 5.40. The highest BCUT2D eigenvalue weighted by Crippen LogP contribution is 2.30. The summed E-state index contributed by atoms with van der Waals surface area (Å²) in [5.41, 5.74) is 0. The van der Waals surface area contributed by atoms with Gasteiger partial charge in [-0.2, -0.15) is 0 Å². The van der Waals surface area contributed by atoms with E-state index >= 15 is 0 Å². The summed E-state index contributed by atoms with van der Waals surface area (Å²) in [6, 6.07) is 1.52. The van der Waals surface area contributed by atoms with E-state index in [0.29, 0.717) is 0 Å². The number of rotatable bonds is 3. The van der Waals surface area contributed by atoms with E-state index in [-0.39, 0.29) is 0 Å². The van der Waals surface area contributed by atoms with Crippen molar-refractivity contribution < 1.29 is 4.74 Å². The van der Waals surface area contributed by atoms with Gasteiger partial charge in [0.05, 0.1) is 0 Å². The van der Waals surface area contributed by atoms with Crippen molar-refractivity contribution in [2.75, 3.05) is 13.2 Å². The minimum atomic E-state index is 0.731. The first kappa shape index (κ1) is 12.4. The Hall–Kier alpha value is -0.0800. The van der Waals surface area contributed by atoms with Crippen LogP contribution in [0.2, 0.25) is 0 Å². The van der Waals surface area contributed by atoms with Crippen molar-refractivity contribution >= 4 is 0 Å². The van der Waals surface area contributed by atoms with Crippen LogP contribution < -0.4 is 5.32 Å². The lowest BCUT2D eigenvalue weighted by Crippen LogP contribution is -2.43. The van der Waals surface area contributed by atoms with Crippen LogP contribution in [0.15, 0.2) is 0 Å². The van der Waals surface area contributed by atoms with E-state index < -0.39 is 0 Å². The maximum Gasteiger partial charge on any atom is 0.0480 e. The first-order valence-electron chi connectivity index (χ1n) is 7.09. The van der Waals surface area contributed by atoms with E-state index in [9.17, 15) is 0 Å². The second-order valence-corrected chi connectivity index (χ2v) is 5.91. The Kier molecular flexibility index (Phi) is 4.66. The molecule has 0 amide bonds. The Morgan fingerprint density at radius 2 is 1.44 bits per heavy atom. The van der Waals surface area contributed by atoms with Crippen molar-refractivity contribution in [2.24, 2.45) is 11.8 Å². The van der Waals surface area contributed by atoms with Gasteiger partial charge < -0.3 is 10.1 Å². The molecule has 1 heterocycles. The molecule has 0 atom stereocenters. The summed E-state index contributed by atoms with van der Waals surface area (Å²) in [6.07, 6.45) is 8.06. The number of ether oxygens (including phenoxy) is 1. The Labute approximate surface area is 100 Å². The van der Waals surface area contributed by atoms with E-state index in [2.05, 4.69) is 19.2 Å². The Bertz CT molecular complexity index is 191. The molecule has 1 saturated carbocycles. The van der Waals surface area contributed by atoms with Gasteiger partial charge in [-0.05, 0) is 50.4 Å². The smallest absolute Gasteiger partial charge is 0.0480 e. The first-order chi connectivity index (χ1) is 7.75. The molecule has 1 saturated heterocycles. The number of hydrogen-bond acceptors (Lipinski definition) is 2. The molecule has 0 aromatic heterocycles. The van der Waals surface area contributed by atoms with Crippen LogP contribution in [-0.2, 0) is 4.74 Å². The predicted molar refractivity (Wildman–Crippen MR) is 67.6 cm³/mol. The van der Waals surface area contributed by atoms with Gasteiger partial charge in [0, 0.05) is 25.3 Å². The largest absolute Gasteiger partial charge is 0.381 e. The molecular weight excluding hydrogens is 198 g/mol. The second-order valence-electron chi connectivity index (χ2n) is 5.91. The molecule has 0 aromatic rings. The molecule has 2 aliphatic rings. The summed E-state index contributed by atoms with van der Waals surface area (Å²) in [5.74, 6) is 1.86. The Morgan fingerprint density at radius 3 is 2.00 bits per heavy atom. The summed E-state index contributed by atoms with van der Waals surface area (Å²) in [5, 5.41) is 3.84. The van der Waals surface area contributed by atoms with Gasteiger partial charge in [-0.15, -0.1) is 0 Å². The van der Waals surface area contributed by atoms with Gasteiger partial charge in [-0.3, -0.25) is 0 Å². The number of nitrogens with one attached hydrogen (secondary N) is 1. The van der Waals surface area contributed by atoms with Crippen LogP contribution in [0.4, 0.5) is 0 Å². The van der Waals surface area contributed by atoms with Gasteiger partial charge in [0.15, 0.2) is 0 Å². The van der Waals surface area contributed by atoms with Gasteiger partial charge in [0.25, 0.3) is 0 Å². The van der Waals surface area contributed by atoms with Crippen molar-refractivity contribution in [1.29, 1.82) is 0 Å². The minimum absolute atomic E-state index is 0.731. The summed E-state index contributed by atoms with van der Waals surface area (Å²) >= 11 is 0. The molecule has 1 aliphatic heterocycles. The maximum atomic E-state index is 5.40. The lowest BCUT2D eigenvalue weighted by atomic mass is 9.79. The van der Waals surface area contributed by atoms with E-state index in [1.807, 2.05) is 0 Å². The molecule has 0 spiro atoms. The lowest BCUT2D eigenvalue weighted by molar-refractivity contribution is 0.0716. The molecule has 1 aliphatic carbocycles. The van der Waals surface area contributed by atoms with Crippen LogP contribution in [0.3, 0.4) is 0 Å². The van der Waals surface area contributed by atoms with Crippen LogP contribution in [-0.4, -0.2) is 25.3 Å². The molecule has 2 nitrogen and oxygen atoms in total. The Balaban J connectivity index is 1.68. The third kappa shape index (κ3) is 3.46. The SMILES string of the molecule is CC(C)C1CCC(NC2CCOCC2)CC1. The van der Waals surface area contributed by atoms with Crippen LogP contribution >= 0.6 is 0 Å². The van der Waals surface area contributed by atoms with Gasteiger partial charge >= 0.3 is 0 Å². The van der Waals surface area contributed by atoms with Gasteiger partial charge in [-0.25, -0.2) is 0 Å². The van der Waals surface area contributed by atoms with Gasteiger partial charge in [-0.1, -0.05) is 13.8 Å². The summed E-state index contributed by atoms with van der Waals surface area (Å²) in [6.45, 7) is 6.66. The van der Waals surface area contributed by atoms with Crippen molar-refractivity contribution in [3.05, 3.63) is 0 Å². The van der Waals surface area contributed by atoms with Crippen LogP contribution in [0, 0.1) is 11.8 Å². The highest BCUT2D eigenvalue weighted by atomic mass is 16.5. The molecule has 1 N–H and O–H groups in total. The zero-order valence-corrected chi connectivity index (χ0v) is 10.9. The lowest BCUT2D eigenvalue weighted by Gasteiger charge is -2.34. The third-order valence-electron chi connectivity index (χ3n) is 4.41. The monoisotopic (exact) mass is 225 g/mol. The van der Waals surface area contributed by atoms with Gasteiger partial charge in [0.2, 0.25) is 0 Å². The van der Waals surface area contributed by atoms with Crippen LogP contribution in [0.1, 0.15) is 52.4 Å². The molecule has 0 aromatic carbocycles. The molecule has 2 heteroatoms. The fourth-order valence-electron chi connectivity index (χ4n) is 3.15. The molecule has 2 rings (SSSR count). The molecule has 0 radical (unpaired) electrons. The van der Waals surface area contributed by atoms with E-state index in [0.717, 1.165) is 37.1 Å². The highest BCUT2D eigenvalue weighted by molar-refractivity contribution is 4.82. The summed E-state index contributed by atoms with van der Waals surface area (Å²) in [7, 11) is 0. The Morgan fingerprint density at radius 1 is 0.875 bits per heavy atom. The average molecular weight is 225 g/mol. The zero-order chi connectivity index (χ0) is 11.4. The molecule has 0 bridgehead atoms. The third-order valence-corrected chi connectivity index (χ3v) is 4.41. The first-order valence-corrected chi connectivity index (χ1v) is 7.09. The molecule has 94 valence electrons. The highest BCUT2D eigenvalue weighted by Gasteiger charge is 2.25. The molecule has 0 unspecified atom stereocenters. The standard InChI is InChI=1S/C14H27NO/c1-11(2)12-3-5-13(6-4-12)15-14-7-9-16-10-8-14/h11-15H,3-10H2,1-2H3. The quantitative estimate of drug-likeness (QED) is 0.797. The predicted octanol–water partition coefficient (Wildman–Crippen LogP) is 2.97. The summed E-state index contributed by atoms with van der Waals surface area (Å²) < 4.78 is 5.40.